The van der Waals surface area contributed by atoms with Crippen molar-refractivity contribution < 1.29 is 14.2 Å². The number of likely N-dealkylation sites (tertiary alicyclic amines) is 1. The number of piperidine rings is 1. The van der Waals surface area contributed by atoms with Gasteiger partial charge in [0.05, 0.1) is 13.2 Å². The van der Waals surface area contributed by atoms with Crippen molar-refractivity contribution >= 4 is 29.9 Å². The van der Waals surface area contributed by atoms with Crippen LogP contribution >= 0.6 is 24.0 Å². The SMILES string of the molecule is CCOC1CCN(C(=NC)NCC2(c3ccc(OC)cc3)CCOCC2)CC1.I. The smallest absolute Gasteiger partial charge is 0.193 e. The Morgan fingerprint density at radius 3 is 2.41 bits per heavy atom. The molecule has 2 saturated heterocycles. The van der Waals surface area contributed by atoms with E-state index in [1.54, 1.807) is 7.11 Å². The Kier molecular flexibility index (Phi) is 9.98. The lowest BCUT2D eigenvalue weighted by molar-refractivity contribution is 0.0259. The van der Waals surface area contributed by atoms with Crippen LogP contribution in [0.4, 0.5) is 0 Å². The van der Waals surface area contributed by atoms with Crippen LogP contribution in [-0.2, 0) is 14.9 Å². The largest absolute Gasteiger partial charge is 0.497 e. The van der Waals surface area contributed by atoms with E-state index in [2.05, 4.69) is 46.4 Å². The maximum absolute atomic E-state index is 5.78. The third-order valence-corrected chi connectivity index (χ3v) is 6.09. The molecule has 0 amide bonds. The minimum Gasteiger partial charge on any atom is -0.497 e. The summed E-state index contributed by atoms with van der Waals surface area (Å²) in [5, 5.41) is 3.67. The van der Waals surface area contributed by atoms with Gasteiger partial charge in [0.15, 0.2) is 5.96 Å². The summed E-state index contributed by atoms with van der Waals surface area (Å²) in [6.07, 6.45) is 4.53. The van der Waals surface area contributed by atoms with Crippen molar-refractivity contribution in [3.05, 3.63) is 29.8 Å². The van der Waals surface area contributed by atoms with Gasteiger partial charge in [0.2, 0.25) is 0 Å². The molecule has 1 aromatic carbocycles. The highest BCUT2D eigenvalue weighted by Crippen LogP contribution is 2.35. The van der Waals surface area contributed by atoms with Crippen LogP contribution in [0.15, 0.2) is 29.3 Å². The summed E-state index contributed by atoms with van der Waals surface area (Å²) in [5.41, 5.74) is 1.40. The first-order valence-electron chi connectivity index (χ1n) is 10.5. The van der Waals surface area contributed by atoms with Crippen LogP contribution in [0.25, 0.3) is 0 Å². The number of ether oxygens (including phenoxy) is 3. The number of halogens is 1. The lowest BCUT2D eigenvalue weighted by Crippen LogP contribution is -2.51. The molecular weight excluding hydrogens is 481 g/mol. The van der Waals surface area contributed by atoms with E-state index in [0.717, 1.165) is 76.8 Å². The number of hydrogen-bond donors (Lipinski definition) is 1. The Labute approximate surface area is 192 Å². The van der Waals surface area contributed by atoms with Crippen LogP contribution < -0.4 is 10.1 Å². The highest BCUT2D eigenvalue weighted by molar-refractivity contribution is 14.0. The van der Waals surface area contributed by atoms with Crippen LogP contribution in [0.3, 0.4) is 0 Å². The zero-order chi connectivity index (χ0) is 19.8. The molecule has 1 N–H and O–H groups in total. The summed E-state index contributed by atoms with van der Waals surface area (Å²) >= 11 is 0. The molecular formula is C22H36IN3O3. The van der Waals surface area contributed by atoms with Gasteiger partial charge < -0.3 is 24.4 Å². The molecule has 0 unspecified atom stereocenters. The van der Waals surface area contributed by atoms with E-state index in [1.165, 1.54) is 5.56 Å². The molecule has 0 aliphatic carbocycles. The number of aliphatic imine (C=N–C) groups is 1. The molecule has 0 spiro atoms. The number of hydrogen-bond acceptors (Lipinski definition) is 4. The molecule has 6 nitrogen and oxygen atoms in total. The third-order valence-electron chi connectivity index (χ3n) is 6.09. The number of guanidine groups is 1. The summed E-state index contributed by atoms with van der Waals surface area (Å²) in [5.74, 6) is 1.89. The zero-order valence-electron chi connectivity index (χ0n) is 18.0. The summed E-state index contributed by atoms with van der Waals surface area (Å²) in [6, 6.07) is 8.50. The maximum atomic E-state index is 5.78. The van der Waals surface area contributed by atoms with Crippen molar-refractivity contribution in [1.82, 2.24) is 10.2 Å². The van der Waals surface area contributed by atoms with E-state index < -0.39 is 0 Å². The second-order valence-corrected chi connectivity index (χ2v) is 7.66. The van der Waals surface area contributed by atoms with Gasteiger partial charge in [-0.25, -0.2) is 0 Å². The Bertz CT molecular complexity index is 625. The molecule has 29 heavy (non-hydrogen) atoms. The first-order chi connectivity index (χ1) is 13.7. The molecule has 164 valence electrons. The minimum atomic E-state index is 0. The van der Waals surface area contributed by atoms with Crippen molar-refractivity contribution in [3.8, 4) is 5.75 Å². The van der Waals surface area contributed by atoms with Crippen molar-refractivity contribution in [2.75, 3.05) is 53.6 Å². The van der Waals surface area contributed by atoms with Crippen LogP contribution in [0.1, 0.15) is 38.2 Å². The van der Waals surface area contributed by atoms with E-state index in [0.29, 0.717) is 6.10 Å². The second-order valence-electron chi connectivity index (χ2n) is 7.66. The normalized spacial score (nSPS) is 20.1. The molecule has 2 heterocycles. The standard InChI is InChI=1S/C22H35N3O3.HI/c1-4-28-20-9-13-25(14-10-20)21(23-2)24-17-22(11-15-27-16-12-22)18-5-7-19(26-3)8-6-18;/h5-8,20H,4,9-17H2,1-3H3,(H,23,24);1H. The summed E-state index contributed by atoms with van der Waals surface area (Å²) in [6.45, 7) is 7.30. The fourth-order valence-corrected chi connectivity index (χ4v) is 4.32. The molecule has 0 saturated carbocycles. The topological polar surface area (TPSA) is 55.3 Å². The lowest BCUT2D eigenvalue weighted by atomic mass is 9.74. The van der Waals surface area contributed by atoms with Crippen LogP contribution in [0.2, 0.25) is 0 Å². The van der Waals surface area contributed by atoms with Gasteiger partial charge in [-0.3, -0.25) is 4.99 Å². The van der Waals surface area contributed by atoms with Gasteiger partial charge in [0, 0.05) is 51.9 Å². The Morgan fingerprint density at radius 2 is 1.86 bits per heavy atom. The van der Waals surface area contributed by atoms with E-state index in [-0.39, 0.29) is 29.4 Å². The van der Waals surface area contributed by atoms with Crippen molar-refractivity contribution in [2.24, 2.45) is 4.99 Å². The predicted octanol–water partition coefficient (Wildman–Crippen LogP) is 3.44. The van der Waals surface area contributed by atoms with Gasteiger partial charge in [-0.15, -0.1) is 24.0 Å². The monoisotopic (exact) mass is 517 g/mol. The minimum absolute atomic E-state index is 0. The maximum Gasteiger partial charge on any atom is 0.193 e. The highest BCUT2D eigenvalue weighted by Gasteiger charge is 2.35. The molecule has 0 aromatic heterocycles. The van der Waals surface area contributed by atoms with Crippen LogP contribution in [0, 0.1) is 0 Å². The first kappa shape index (κ1) is 24.2. The quantitative estimate of drug-likeness (QED) is 0.356. The van der Waals surface area contributed by atoms with Gasteiger partial charge in [-0.1, -0.05) is 12.1 Å². The van der Waals surface area contributed by atoms with E-state index in [4.69, 9.17) is 14.2 Å². The number of benzene rings is 1. The third kappa shape index (κ3) is 6.21. The Balaban J connectivity index is 0.00000300. The summed E-state index contributed by atoms with van der Waals surface area (Å²) in [4.78, 5) is 6.92. The van der Waals surface area contributed by atoms with Gasteiger partial charge in [-0.05, 0) is 50.3 Å². The molecule has 1 aromatic rings. The molecule has 0 bridgehead atoms. The molecule has 2 aliphatic rings. The predicted molar refractivity (Wildman–Crippen MR) is 128 cm³/mol. The molecule has 2 aliphatic heterocycles. The van der Waals surface area contributed by atoms with Gasteiger partial charge >= 0.3 is 0 Å². The van der Waals surface area contributed by atoms with Crippen molar-refractivity contribution in [2.45, 2.75) is 44.1 Å². The van der Waals surface area contributed by atoms with Gasteiger partial charge in [0.1, 0.15) is 5.75 Å². The average molecular weight is 517 g/mol. The summed E-state index contributed by atoms with van der Waals surface area (Å²) < 4.78 is 16.8. The van der Waals surface area contributed by atoms with E-state index in [9.17, 15) is 0 Å². The number of nitrogens with one attached hydrogen (secondary N) is 1. The Hall–Kier alpha value is -1.06. The van der Waals surface area contributed by atoms with Crippen LogP contribution in [0.5, 0.6) is 5.75 Å². The molecule has 2 fully saturated rings. The highest BCUT2D eigenvalue weighted by atomic mass is 127. The van der Waals surface area contributed by atoms with Crippen molar-refractivity contribution in [1.29, 1.82) is 0 Å². The number of nitrogens with zero attached hydrogens (tertiary/aromatic N) is 2. The van der Waals surface area contributed by atoms with Crippen molar-refractivity contribution in [3.63, 3.8) is 0 Å². The first-order valence-corrected chi connectivity index (χ1v) is 10.5. The van der Waals surface area contributed by atoms with Crippen LogP contribution in [-0.4, -0.2) is 70.6 Å². The number of methoxy groups -OCH3 is 1. The lowest BCUT2D eigenvalue weighted by Gasteiger charge is -2.40. The second kappa shape index (κ2) is 12.0. The number of rotatable bonds is 6. The molecule has 3 rings (SSSR count). The van der Waals surface area contributed by atoms with Gasteiger partial charge in [-0.2, -0.15) is 0 Å². The Morgan fingerprint density at radius 1 is 1.21 bits per heavy atom. The zero-order valence-corrected chi connectivity index (χ0v) is 20.3. The average Bonchev–Trinajstić information content (AvgIpc) is 2.76. The fourth-order valence-electron chi connectivity index (χ4n) is 4.32. The molecule has 0 radical (unpaired) electrons. The van der Waals surface area contributed by atoms with E-state index >= 15 is 0 Å². The van der Waals surface area contributed by atoms with Gasteiger partial charge in [0.25, 0.3) is 0 Å². The molecule has 7 heteroatoms. The van der Waals surface area contributed by atoms with E-state index in [1.807, 2.05) is 7.05 Å². The fraction of sp³-hybridized carbons (Fsp3) is 0.682. The summed E-state index contributed by atoms with van der Waals surface area (Å²) in [7, 11) is 3.58. The molecule has 0 atom stereocenters.